The number of carbonyl (C=O) groups is 2. The highest BCUT2D eigenvalue weighted by Crippen LogP contribution is 2.21. The maximum Gasteiger partial charge on any atom is 0.279 e. The van der Waals surface area contributed by atoms with Crippen LogP contribution in [-0.4, -0.2) is 24.5 Å². The lowest BCUT2D eigenvalue weighted by atomic mass is 10.1. The molecule has 6 nitrogen and oxygen atoms in total. The van der Waals surface area contributed by atoms with Crippen LogP contribution in [0.15, 0.2) is 36.4 Å². The molecule has 0 saturated heterocycles. The van der Waals surface area contributed by atoms with Gasteiger partial charge in [-0.15, -0.1) is 0 Å². The molecule has 2 N–H and O–H groups in total. The first kappa shape index (κ1) is 20.3. The molecule has 0 aromatic heterocycles. The van der Waals surface area contributed by atoms with Gasteiger partial charge in [-0.1, -0.05) is 29.8 Å². The number of ether oxygens (including phenoxy) is 2. The number of aryl methyl sites for hydroxylation is 3. The van der Waals surface area contributed by atoms with Crippen LogP contribution in [0.3, 0.4) is 0 Å². The molecule has 0 aliphatic carbocycles. The number of benzene rings is 2. The van der Waals surface area contributed by atoms with Crippen molar-refractivity contribution < 1.29 is 19.1 Å². The van der Waals surface area contributed by atoms with E-state index in [-0.39, 0.29) is 6.61 Å². The molecule has 0 spiro atoms. The number of hydrogen-bond acceptors (Lipinski definition) is 4. The molecule has 2 amide bonds. The second kappa shape index (κ2) is 9.07. The predicted octanol–water partition coefficient (Wildman–Crippen LogP) is 2.91. The molecule has 0 heterocycles. The molecule has 2 rings (SSSR count). The third kappa shape index (κ3) is 5.74. The molecular weight excluding hydrogens is 344 g/mol. The quantitative estimate of drug-likeness (QED) is 0.767. The molecule has 27 heavy (non-hydrogen) atoms. The molecule has 0 aliphatic rings. The molecule has 144 valence electrons. The first-order chi connectivity index (χ1) is 12.8. The van der Waals surface area contributed by atoms with E-state index in [9.17, 15) is 9.59 Å². The van der Waals surface area contributed by atoms with E-state index in [0.29, 0.717) is 11.5 Å². The molecule has 1 unspecified atom stereocenters. The average Bonchev–Trinajstić information content (AvgIpc) is 2.62. The molecular formula is C21H26N2O4. The lowest BCUT2D eigenvalue weighted by molar-refractivity contribution is -0.133. The van der Waals surface area contributed by atoms with Gasteiger partial charge in [0.15, 0.2) is 12.7 Å². The van der Waals surface area contributed by atoms with E-state index in [1.54, 1.807) is 6.92 Å². The van der Waals surface area contributed by atoms with Crippen LogP contribution in [0.5, 0.6) is 11.5 Å². The fourth-order valence-corrected chi connectivity index (χ4v) is 2.47. The Labute approximate surface area is 159 Å². The van der Waals surface area contributed by atoms with Crippen molar-refractivity contribution in [2.24, 2.45) is 0 Å². The van der Waals surface area contributed by atoms with Crippen molar-refractivity contribution in [3.8, 4) is 11.5 Å². The Kier molecular flexibility index (Phi) is 6.82. The minimum absolute atomic E-state index is 0.198. The fraction of sp³-hybridized carbons (Fsp3) is 0.333. The number of hydrazine groups is 1. The van der Waals surface area contributed by atoms with Crippen molar-refractivity contribution in [2.45, 2.75) is 40.7 Å². The summed E-state index contributed by atoms with van der Waals surface area (Å²) in [5, 5.41) is 0. The van der Waals surface area contributed by atoms with Crippen LogP contribution in [0.4, 0.5) is 0 Å². The SMILES string of the molecule is Cc1ccc(OCC(=O)NNC(=O)C(C)Oc2cccc(C)c2C)c(C)c1. The zero-order valence-corrected chi connectivity index (χ0v) is 16.4. The molecule has 0 bridgehead atoms. The topological polar surface area (TPSA) is 76.7 Å². The van der Waals surface area contributed by atoms with Crippen LogP contribution >= 0.6 is 0 Å². The highest BCUT2D eigenvalue weighted by atomic mass is 16.5. The smallest absolute Gasteiger partial charge is 0.279 e. The molecule has 0 saturated carbocycles. The van der Waals surface area contributed by atoms with Gasteiger partial charge >= 0.3 is 0 Å². The second-order valence-electron chi connectivity index (χ2n) is 6.55. The zero-order chi connectivity index (χ0) is 20.0. The van der Waals surface area contributed by atoms with E-state index in [0.717, 1.165) is 22.3 Å². The summed E-state index contributed by atoms with van der Waals surface area (Å²) in [7, 11) is 0. The van der Waals surface area contributed by atoms with E-state index < -0.39 is 17.9 Å². The molecule has 0 aliphatic heterocycles. The minimum atomic E-state index is -0.758. The van der Waals surface area contributed by atoms with Crippen LogP contribution in [0.2, 0.25) is 0 Å². The van der Waals surface area contributed by atoms with Crippen LogP contribution in [0, 0.1) is 27.7 Å². The molecule has 0 fully saturated rings. The summed E-state index contributed by atoms with van der Waals surface area (Å²) < 4.78 is 11.2. The van der Waals surface area contributed by atoms with Gasteiger partial charge in [0.1, 0.15) is 11.5 Å². The van der Waals surface area contributed by atoms with E-state index in [4.69, 9.17) is 9.47 Å². The normalized spacial score (nSPS) is 11.4. The Morgan fingerprint density at radius 2 is 1.70 bits per heavy atom. The molecule has 1 atom stereocenters. The van der Waals surface area contributed by atoms with Gasteiger partial charge in [0.05, 0.1) is 0 Å². The Morgan fingerprint density at radius 1 is 0.963 bits per heavy atom. The lowest BCUT2D eigenvalue weighted by Gasteiger charge is -2.17. The van der Waals surface area contributed by atoms with Crippen molar-refractivity contribution in [1.82, 2.24) is 10.9 Å². The summed E-state index contributed by atoms with van der Waals surface area (Å²) in [6.07, 6.45) is -0.758. The first-order valence-electron chi connectivity index (χ1n) is 8.79. The highest BCUT2D eigenvalue weighted by Gasteiger charge is 2.17. The van der Waals surface area contributed by atoms with Gasteiger partial charge < -0.3 is 9.47 Å². The van der Waals surface area contributed by atoms with Crippen molar-refractivity contribution in [1.29, 1.82) is 0 Å². The molecule has 6 heteroatoms. The highest BCUT2D eigenvalue weighted by molar-refractivity contribution is 5.85. The number of nitrogens with one attached hydrogen (secondary N) is 2. The Hall–Kier alpha value is -3.02. The van der Waals surface area contributed by atoms with Crippen molar-refractivity contribution in [3.05, 3.63) is 58.7 Å². The van der Waals surface area contributed by atoms with Crippen LogP contribution in [0.25, 0.3) is 0 Å². The van der Waals surface area contributed by atoms with Gasteiger partial charge in [-0.3, -0.25) is 20.4 Å². The maximum atomic E-state index is 12.1. The maximum absolute atomic E-state index is 12.1. The van der Waals surface area contributed by atoms with Crippen molar-refractivity contribution in [3.63, 3.8) is 0 Å². The van der Waals surface area contributed by atoms with Gasteiger partial charge in [0.2, 0.25) is 0 Å². The fourth-order valence-electron chi connectivity index (χ4n) is 2.47. The average molecular weight is 370 g/mol. The van der Waals surface area contributed by atoms with E-state index in [2.05, 4.69) is 10.9 Å². The van der Waals surface area contributed by atoms with Crippen molar-refractivity contribution in [2.75, 3.05) is 6.61 Å². The molecule has 0 radical (unpaired) electrons. The van der Waals surface area contributed by atoms with Crippen LogP contribution in [0.1, 0.15) is 29.2 Å². The molecule has 2 aromatic carbocycles. The third-order valence-corrected chi connectivity index (χ3v) is 4.24. The standard InChI is InChI=1S/C21H26N2O4/c1-13-9-10-18(15(3)11-13)26-12-20(24)22-23-21(25)17(5)27-19-8-6-7-14(2)16(19)4/h6-11,17H,12H2,1-5H3,(H,22,24)(H,23,25). The largest absolute Gasteiger partial charge is 0.483 e. The summed E-state index contributed by atoms with van der Waals surface area (Å²) in [6.45, 7) is 9.23. The number of hydrogen-bond donors (Lipinski definition) is 2. The van der Waals surface area contributed by atoms with Crippen molar-refractivity contribution >= 4 is 11.8 Å². The van der Waals surface area contributed by atoms with E-state index >= 15 is 0 Å². The Bertz CT molecular complexity index is 833. The predicted molar refractivity (Wildman–Crippen MR) is 104 cm³/mol. The summed E-state index contributed by atoms with van der Waals surface area (Å²) in [4.78, 5) is 24.0. The van der Waals surface area contributed by atoms with Gasteiger partial charge in [0.25, 0.3) is 11.8 Å². The number of rotatable bonds is 6. The Balaban J connectivity index is 1.80. The number of carbonyl (C=O) groups excluding carboxylic acids is 2. The van der Waals surface area contributed by atoms with Crippen LogP contribution in [-0.2, 0) is 9.59 Å². The zero-order valence-electron chi connectivity index (χ0n) is 16.4. The van der Waals surface area contributed by atoms with Gasteiger partial charge in [-0.05, 0) is 63.4 Å². The van der Waals surface area contributed by atoms with Gasteiger partial charge in [-0.2, -0.15) is 0 Å². The van der Waals surface area contributed by atoms with Gasteiger partial charge in [-0.25, -0.2) is 0 Å². The van der Waals surface area contributed by atoms with E-state index in [1.807, 2.05) is 64.1 Å². The summed E-state index contributed by atoms with van der Waals surface area (Å²) in [5.74, 6) is 0.369. The molecule has 2 aromatic rings. The second-order valence-corrected chi connectivity index (χ2v) is 6.55. The monoisotopic (exact) mass is 370 g/mol. The summed E-state index contributed by atoms with van der Waals surface area (Å²) in [6, 6.07) is 11.4. The summed E-state index contributed by atoms with van der Waals surface area (Å²) in [5.41, 5.74) is 8.81. The van der Waals surface area contributed by atoms with Crippen LogP contribution < -0.4 is 20.3 Å². The lowest BCUT2D eigenvalue weighted by Crippen LogP contribution is -2.48. The first-order valence-corrected chi connectivity index (χ1v) is 8.79. The van der Waals surface area contributed by atoms with E-state index in [1.165, 1.54) is 0 Å². The minimum Gasteiger partial charge on any atom is -0.483 e. The Morgan fingerprint density at radius 3 is 2.41 bits per heavy atom. The third-order valence-electron chi connectivity index (χ3n) is 4.24. The number of amides is 2. The summed E-state index contributed by atoms with van der Waals surface area (Å²) >= 11 is 0. The van der Waals surface area contributed by atoms with Gasteiger partial charge in [0, 0.05) is 0 Å².